The number of halogens is 2. The Labute approximate surface area is 159 Å². The van der Waals surface area contributed by atoms with Crippen LogP contribution in [0, 0.1) is 11.6 Å². The lowest BCUT2D eigenvalue weighted by molar-refractivity contribution is -0.128. The van der Waals surface area contributed by atoms with Crippen LogP contribution in [0.15, 0.2) is 30.4 Å². The highest BCUT2D eigenvalue weighted by Crippen LogP contribution is 2.21. The zero-order chi connectivity index (χ0) is 19.6. The lowest BCUT2D eigenvalue weighted by atomic mass is 10.1. The molecule has 1 aromatic rings. The van der Waals surface area contributed by atoms with Crippen LogP contribution in [0.5, 0.6) is 0 Å². The number of aliphatic hydroxyl groups is 2. The second-order valence-corrected chi connectivity index (χ2v) is 7.09. The van der Waals surface area contributed by atoms with Crippen molar-refractivity contribution in [1.29, 1.82) is 0 Å². The number of benzene rings is 1. The van der Waals surface area contributed by atoms with Gasteiger partial charge in [-0.15, -0.1) is 0 Å². The summed E-state index contributed by atoms with van der Waals surface area (Å²) in [6.45, 7) is 0.927. The quantitative estimate of drug-likeness (QED) is 0.456. The predicted molar refractivity (Wildman–Crippen MR) is 100 cm³/mol. The number of nitrogens with zero attached hydrogens (tertiary/aromatic N) is 1. The van der Waals surface area contributed by atoms with Crippen molar-refractivity contribution < 1.29 is 23.8 Å². The van der Waals surface area contributed by atoms with Crippen LogP contribution in [-0.4, -0.2) is 46.3 Å². The van der Waals surface area contributed by atoms with Gasteiger partial charge in [0, 0.05) is 26.0 Å². The van der Waals surface area contributed by atoms with Gasteiger partial charge in [-0.1, -0.05) is 37.5 Å². The van der Waals surface area contributed by atoms with Gasteiger partial charge in [0.25, 0.3) is 0 Å². The van der Waals surface area contributed by atoms with Gasteiger partial charge in [0.2, 0.25) is 5.91 Å². The van der Waals surface area contributed by atoms with Crippen molar-refractivity contribution in [2.75, 3.05) is 13.2 Å². The normalized spacial score (nSPS) is 18.6. The van der Waals surface area contributed by atoms with Crippen molar-refractivity contribution >= 4 is 5.91 Å². The molecule has 0 aromatic heterocycles. The molecule has 2 N–H and O–H groups in total. The molecule has 150 valence electrons. The topological polar surface area (TPSA) is 60.8 Å². The maximum Gasteiger partial charge on any atom is 0.223 e. The number of carbonyl (C=O) groups excluding carboxylic acids is 1. The first-order valence-electron chi connectivity index (χ1n) is 9.72. The van der Waals surface area contributed by atoms with Gasteiger partial charge in [0.1, 0.15) is 0 Å². The predicted octanol–water partition coefficient (Wildman–Crippen LogP) is 3.36. The Hall–Kier alpha value is -1.79. The molecule has 1 amide bonds. The van der Waals surface area contributed by atoms with E-state index in [-0.39, 0.29) is 25.0 Å². The van der Waals surface area contributed by atoms with Gasteiger partial charge in [-0.25, -0.2) is 8.78 Å². The van der Waals surface area contributed by atoms with E-state index >= 15 is 0 Å². The fourth-order valence-corrected chi connectivity index (χ4v) is 3.40. The molecular formula is C21H29F2NO3. The van der Waals surface area contributed by atoms with Gasteiger partial charge in [-0.2, -0.15) is 0 Å². The number of hydrogen-bond donors (Lipinski definition) is 2. The lowest BCUT2D eigenvalue weighted by Gasteiger charge is -2.22. The second kappa shape index (κ2) is 11.1. The molecule has 1 heterocycles. The Kier molecular flexibility index (Phi) is 8.88. The molecule has 0 bridgehead atoms. The molecule has 0 radical (unpaired) electrons. The van der Waals surface area contributed by atoms with Crippen LogP contribution in [0.1, 0.15) is 50.5 Å². The molecule has 6 heteroatoms. The Balaban J connectivity index is 1.80. The molecule has 1 aliphatic rings. The van der Waals surface area contributed by atoms with Crippen molar-refractivity contribution in [3.63, 3.8) is 0 Å². The maximum atomic E-state index is 13.2. The van der Waals surface area contributed by atoms with Crippen LogP contribution in [-0.2, 0) is 11.2 Å². The van der Waals surface area contributed by atoms with E-state index in [1.165, 1.54) is 6.07 Å². The van der Waals surface area contributed by atoms with E-state index in [2.05, 4.69) is 0 Å². The van der Waals surface area contributed by atoms with Gasteiger partial charge in [-0.05, 0) is 37.0 Å². The highest BCUT2D eigenvalue weighted by molar-refractivity contribution is 5.79. The Bertz CT molecular complexity index is 636. The minimum absolute atomic E-state index is 0.0189. The zero-order valence-electron chi connectivity index (χ0n) is 15.6. The third-order valence-electron chi connectivity index (χ3n) is 4.92. The number of rotatable bonds is 11. The molecule has 1 aliphatic heterocycles. The summed E-state index contributed by atoms with van der Waals surface area (Å²) in [7, 11) is 0. The number of carbonyl (C=O) groups is 1. The monoisotopic (exact) mass is 381 g/mol. The molecule has 1 fully saturated rings. The van der Waals surface area contributed by atoms with E-state index in [1.54, 1.807) is 6.08 Å². The third kappa shape index (κ3) is 7.03. The second-order valence-electron chi connectivity index (χ2n) is 7.09. The summed E-state index contributed by atoms with van der Waals surface area (Å²) >= 11 is 0. The molecule has 1 aromatic carbocycles. The van der Waals surface area contributed by atoms with E-state index in [1.807, 2.05) is 11.0 Å². The number of unbranched alkanes of at least 4 members (excludes halogenated alkanes) is 4. The average molecular weight is 381 g/mol. The summed E-state index contributed by atoms with van der Waals surface area (Å²) < 4.78 is 26.2. The van der Waals surface area contributed by atoms with Crippen molar-refractivity contribution in [2.24, 2.45) is 0 Å². The number of aliphatic hydroxyl groups excluding tert-OH is 2. The Morgan fingerprint density at radius 3 is 2.63 bits per heavy atom. The maximum absolute atomic E-state index is 13.2. The van der Waals surface area contributed by atoms with E-state index in [0.29, 0.717) is 18.5 Å². The van der Waals surface area contributed by atoms with Crippen LogP contribution < -0.4 is 0 Å². The summed E-state index contributed by atoms with van der Waals surface area (Å²) in [4.78, 5) is 13.9. The minimum Gasteiger partial charge on any atom is -0.396 e. The van der Waals surface area contributed by atoms with E-state index in [4.69, 9.17) is 5.11 Å². The first-order chi connectivity index (χ1) is 13.0. The van der Waals surface area contributed by atoms with Gasteiger partial charge < -0.3 is 15.1 Å². The van der Waals surface area contributed by atoms with Crippen LogP contribution >= 0.6 is 0 Å². The highest BCUT2D eigenvalue weighted by Gasteiger charge is 2.28. The standard InChI is InChI=1S/C21H29F2NO3/c22-19-10-6-16(15-20(19)23)14-18(26)9-7-17-8-11-21(27)24(17)12-4-2-1-3-5-13-25/h6-7,9-10,15,17-18,25-26H,1-5,8,11-14H2/t17-,18+/m0/s1. The van der Waals surface area contributed by atoms with E-state index in [9.17, 15) is 18.7 Å². The minimum atomic E-state index is -0.921. The molecule has 2 rings (SSSR count). The van der Waals surface area contributed by atoms with Crippen molar-refractivity contribution in [2.45, 2.75) is 63.5 Å². The molecule has 2 atom stereocenters. The molecule has 0 saturated carbocycles. The Morgan fingerprint density at radius 1 is 1.15 bits per heavy atom. The van der Waals surface area contributed by atoms with Crippen LogP contribution in [0.3, 0.4) is 0 Å². The number of hydrogen-bond acceptors (Lipinski definition) is 3. The summed E-state index contributed by atoms with van der Waals surface area (Å²) in [5, 5.41) is 18.9. The van der Waals surface area contributed by atoms with Gasteiger partial charge >= 0.3 is 0 Å². The highest BCUT2D eigenvalue weighted by atomic mass is 19.2. The van der Waals surface area contributed by atoms with Crippen molar-refractivity contribution in [3.05, 3.63) is 47.5 Å². The zero-order valence-corrected chi connectivity index (χ0v) is 15.6. The van der Waals surface area contributed by atoms with Crippen LogP contribution in [0.25, 0.3) is 0 Å². The van der Waals surface area contributed by atoms with Crippen molar-refractivity contribution in [1.82, 2.24) is 4.90 Å². The molecule has 0 aliphatic carbocycles. The average Bonchev–Trinajstić information content (AvgIpc) is 2.99. The van der Waals surface area contributed by atoms with E-state index in [0.717, 1.165) is 50.7 Å². The molecule has 0 spiro atoms. The van der Waals surface area contributed by atoms with Gasteiger partial charge in [-0.3, -0.25) is 4.79 Å². The summed E-state index contributed by atoms with van der Waals surface area (Å²) in [6.07, 6.45) is 8.95. The van der Waals surface area contributed by atoms with Crippen LogP contribution in [0.2, 0.25) is 0 Å². The number of likely N-dealkylation sites (tertiary alicyclic amines) is 1. The summed E-state index contributed by atoms with van der Waals surface area (Å²) in [5.41, 5.74) is 0.522. The molecule has 4 nitrogen and oxygen atoms in total. The molecule has 0 unspecified atom stereocenters. The Morgan fingerprint density at radius 2 is 1.89 bits per heavy atom. The molecule has 1 saturated heterocycles. The first kappa shape index (κ1) is 21.5. The fraction of sp³-hybridized carbons (Fsp3) is 0.571. The van der Waals surface area contributed by atoms with Gasteiger partial charge in [0.15, 0.2) is 11.6 Å². The molecular weight excluding hydrogens is 352 g/mol. The van der Waals surface area contributed by atoms with E-state index < -0.39 is 17.7 Å². The summed E-state index contributed by atoms with van der Waals surface area (Å²) in [5.74, 6) is -1.69. The smallest absolute Gasteiger partial charge is 0.223 e. The first-order valence-corrected chi connectivity index (χ1v) is 9.72. The van der Waals surface area contributed by atoms with Crippen molar-refractivity contribution in [3.8, 4) is 0 Å². The summed E-state index contributed by atoms with van der Waals surface area (Å²) in [6, 6.07) is 3.58. The number of amides is 1. The lowest BCUT2D eigenvalue weighted by Crippen LogP contribution is -2.32. The third-order valence-corrected chi connectivity index (χ3v) is 4.92. The fourth-order valence-electron chi connectivity index (χ4n) is 3.40. The van der Waals surface area contributed by atoms with Crippen LogP contribution in [0.4, 0.5) is 8.78 Å². The molecule has 27 heavy (non-hydrogen) atoms. The van der Waals surface area contributed by atoms with Gasteiger partial charge in [0.05, 0.1) is 12.1 Å². The SMILES string of the molecule is O=C1CC[C@H](C=C[C@@H](O)Cc2ccc(F)c(F)c2)N1CCCCCCCO. The largest absolute Gasteiger partial charge is 0.396 e.